The first-order chi connectivity index (χ1) is 10.5. The fourth-order valence-electron chi connectivity index (χ4n) is 2.30. The monoisotopic (exact) mass is 292 g/mol. The minimum atomic E-state index is 0.179. The lowest BCUT2D eigenvalue weighted by atomic mass is 9.87. The molecule has 4 nitrogen and oxygen atoms in total. The third-order valence-corrected chi connectivity index (χ3v) is 3.63. The van der Waals surface area contributed by atoms with Crippen LogP contribution in [0.25, 0.3) is 11.4 Å². The van der Waals surface area contributed by atoms with Gasteiger partial charge in [-0.1, -0.05) is 56.3 Å². The number of aromatic nitrogens is 4. The summed E-state index contributed by atoms with van der Waals surface area (Å²) in [7, 11) is 0. The molecule has 0 aliphatic rings. The first-order valence-electron chi connectivity index (χ1n) is 7.43. The molecule has 0 radical (unpaired) electrons. The van der Waals surface area contributed by atoms with Crippen molar-refractivity contribution in [1.82, 2.24) is 20.0 Å². The number of nitrogens with zero attached hydrogens (tertiary/aromatic N) is 4. The van der Waals surface area contributed by atoms with Gasteiger partial charge in [-0.3, -0.25) is 4.98 Å². The van der Waals surface area contributed by atoms with Crippen LogP contribution in [0.15, 0.2) is 54.9 Å². The lowest BCUT2D eigenvalue weighted by Gasteiger charge is -2.19. The van der Waals surface area contributed by atoms with Gasteiger partial charge in [-0.15, -0.1) is 5.10 Å². The zero-order valence-corrected chi connectivity index (χ0v) is 13.2. The summed E-state index contributed by atoms with van der Waals surface area (Å²) in [5, 5.41) is 8.38. The van der Waals surface area contributed by atoms with Crippen LogP contribution in [-0.2, 0) is 12.0 Å². The zero-order chi connectivity index (χ0) is 15.6. The summed E-state index contributed by atoms with van der Waals surface area (Å²) in [5.74, 6) is 0. The molecule has 0 aliphatic heterocycles. The lowest BCUT2D eigenvalue weighted by molar-refractivity contribution is 0.589. The fourth-order valence-corrected chi connectivity index (χ4v) is 2.30. The van der Waals surface area contributed by atoms with Gasteiger partial charge in [0, 0.05) is 6.20 Å². The number of rotatable bonds is 3. The van der Waals surface area contributed by atoms with Gasteiger partial charge in [0.15, 0.2) is 0 Å². The van der Waals surface area contributed by atoms with Crippen LogP contribution in [0, 0.1) is 0 Å². The van der Waals surface area contributed by atoms with Gasteiger partial charge < -0.3 is 0 Å². The van der Waals surface area contributed by atoms with Crippen molar-refractivity contribution in [1.29, 1.82) is 0 Å². The van der Waals surface area contributed by atoms with Crippen molar-refractivity contribution in [3.05, 3.63) is 66.0 Å². The molecule has 0 atom stereocenters. The molecular formula is C18H20N4. The molecule has 3 aromatic rings. The Morgan fingerprint density at radius 1 is 0.955 bits per heavy atom. The first kappa shape index (κ1) is 14.4. The van der Waals surface area contributed by atoms with Crippen molar-refractivity contribution in [2.24, 2.45) is 0 Å². The van der Waals surface area contributed by atoms with Gasteiger partial charge in [-0.2, -0.15) is 0 Å². The Morgan fingerprint density at radius 3 is 2.36 bits per heavy atom. The smallest absolute Gasteiger partial charge is 0.131 e. The quantitative estimate of drug-likeness (QED) is 0.739. The molecule has 0 fully saturated rings. The molecule has 2 aromatic heterocycles. The average molecular weight is 292 g/mol. The van der Waals surface area contributed by atoms with Gasteiger partial charge in [0.1, 0.15) is 5.69 Å². The second-order valence-electron chi connectivity index (χ2n) is 6.46. The molecule has 0 N–H and O–H groups in total. The van der Waals surface area contributed by atoms with Crippen molar-refractivity contribution < 1.29 is 0 Å². The maximum Gasteiger partial charge on any atom is 0.131 e. The van der Waals surface area contributed by atoms with E-state index in [4.69, 9.17) is 0 Å². The molecular weight excluding hydrogens is 272 g/mol. The molecule has 0 bridgehead atoms. The molecule has 4 heteroatoms. The molecule has 0 spiro atoms. The summed E-state index contributed by atoms with van der Waals surface area (Å²) in [6.45, 7) is 7.37. The van der Waals surface area contributed by atoms with E-state index in [0.717, 1.165) is 11.4 Å². The van der Waals surface area contributed by atoms with Crippen molar-refractivity contribution in [3.8, 4) is 11.4 Å². The molecule has 2 heterocycles. The van der Waals surface area contributed by atoms with Gasteiger partial charge >= 0.3 is 0 Å². The molecule has 22 heavy (non-hydrogen) atoms. The van der Waals surface area contributed by atoms with Crippen LogP contribution >= 0.6 is 0 Å². The van der Waals surface area contributed by atoms with Crippen LogP contribution < -0.4 is 0 Å². The molecule has 112 valence electrons. The van der Waals surface area contributed by atoms with Gasteiger partial charge in [0.2, 0.25) is 0 Å². The van der Waals surface area contributed by atoms with Crippen LogP contribution in [0.5, 0.6) is 0 Å². The van der Waals surface area contributed by atoms with Gasteiger partial charge in [0.25, 0.3) is 0 Å². The van der Waals surface area contributed by atoms with Crippen LogP contribution in [0.4, 0.5) is 0 Å². The van der Waals surface area contributed by atoms with E-state index in [9.17, 15) is 0 Å². The average Bonchev–Trinajstić information content (AvgIpc) is 2.96. The highest BCUT2D eigenvalue weighted by molar-refractivity contribution is 5.51. The van der Waals surface area contributed by atoms with Crippen molar-refractivity contribution in [2.75, 3.05) is 0 Å². The minimum absolute atomic E-state index is 0.179. The fraction of sp³-hybridized carbons (Fsp3) is 0.278. The second kappa shape index (κ2) is 5.72. The van der Waals surface area contributed by atoms with E-state index in [1.807, 2.05) is 29.1 Å². The molecule has 0 aliphatic carbocycles. The third kappa shape index (κ3) is 3.22. The summed E-state index contributed by atoms with van der Waals surface area (Å²) in [6.07, 6.45) is 3.69. The summed E-state index contributed by atoms with van der Waals surface area (Å²) >= 11 is 0. The zero-order valence-electron chi connectivity index (χ0n) is 13.2. The van der Waals surface area contributed by atoms with E-state index < -0.39 is 0 Å². The number of pyridine rings is 1. The molecule has 3 rings (SSSR count). The number of hydrogen-bond acceptors (Lipinski definition) is 3. The van der Waals surface area contributed by atoms with E-state index in [1.54, 1.807) is 6.20 Å². The second-order valence-corrected chi connectivity index (χ2v) is 6.46. The van der Waals surface area contributed by atoms with E-state index in [-0.39, 0.29) is 5.41 Å². The van der Waals surface area contributed by atoms with Crippen LogP contribution in [0.2, 0.25) is 0 Å². The van der Waals surface area contributed by atoms with Crippen molar-refractivity contribution in [2.45, 2.75) is 32.7 Å². The lowest BCUT2D eigenvalue weighted by Crippen LogP contribution is -2.11. The third-order valence-electron chi connectivity index (χ3n) is 3.63. The topological polar surface area (TPSA) is 43.6 Å². The van der Waals surface area contributed by atoms with Gasteiger partial charge in [-0.05, 0) is 28.7 Å². The Balaban J connectivity index is 1.76. The van der Waals surface area contributed by atoms with Crippen LogP contribution in [0.1, 0.15) is 31.9 Å². The predicted octanol–water partition coefficient (Wildman–Crippen LogP) is 3.69. The van der Waals surface area contributed by atoms with Crippen LogP contribution in [0.3, 0.4) is 0 Å². The SMILES string of the molecule is CC(C)(C)c1ccc(Cn2cc(-c3ccccn3)nn2)cc1. The summed E-state index contributed by atoms with van der Waals surface area (Å²) in [4.78, 5) is 4.29. The Kier molecular flexibility index (Phi) is 3.75. The summed E-state index contributed by atoms with van der Waals surface area (Å²) in [5.41, 5.74) is 4.37. The standard InChI is InChI=1S/C18H20N4/c1-18(2,3)15-9-7-14(8-10-15)12-22-13-17(20-21-22)16-6-4-5-11-19-16/h4-11,13H,12H2,1-3H3. The largest absolute Gasteiger partial charge is 0.254 e. The molecule has 0 unspecified atom stereocenters. The molecule has 0 saturated heterocycles. The Hall–Kier alpha value is -2.49. The number of benzene rings is 1. The highest BCUT2D eigenvalue weighted by Crippen LogP contribution is 2.22. The minimum Gasteiger partial charge on any atom is -0.254 e. The van der Waals surface area contributed by atoms with E-state index >= 15 is 0 Å². The maximum absolute atomic E-state index is 4.29. The van der Waals surface area contributed by atoms with Crippen molar-refractivity contribution >= 4 is 0 Å². The van der Waals surface area contributed by atoms with E-state index in [0.29, 0.717) is 6.54 Å². The van der Waals surface area contributed by atoms with Crippen LogP contribution in [-0.4, -0.2) is 20.0 Å². The Labute approximate surface area is 130 Å². The normalized spacial score (nSPS) is 11.6. The Morgan fingerprint density at radius 2 is 1.73 bits per heavy atom. The first-order valence-corrected chi connectivity index (χ1v) is 7.43. The van der Waals surface area contributed by atoms with Crippen molar-refractivity contribution in [3.63, 3.8) is 0 Å². The van der Waals surface area contributed by atoms with Gasteiger partial charge in [0.05, 0.1) is 18.4 Å². The molecule has 0 amide bonds. The number of hydrogen-bond donors (Lipinski definition) is 0. The molecule has 1 aromatic carbocycles. The summed E-state index contributed by atoms with van der Waals surface area (Å²) < 4.78 is 1.84. The highest BCUT2D eigenvalue weighted by Gasteiger charge is 2.13. The predicted molar refractivity (Wildman–Crippen MR) is 87.5 cm³/mol. The summed E-state index contributed by atoms with van der Waals surface area (Å²) in [6, 6.07) is 14.5. The highest BCUT2D eigenvalue weighted by atomic mass is 15.4. The Bertz CT molecular complexity index is 737. The van der Waals surface area contributed by atoms with Gasteiger partial charge in [-0.25, -0.2) is 4.68 Å². The maximum atomic E-state index is 4.29. The van der Waals surface area contributed by atoms with E-state index in [1.165, 1.54) is 11.1 Å². The van der Waals surface area contributed by atoms with E-state index in [2.05, 4.69) is 60.3 Å². The molecule has 0 saturated carbocycles.